The summed E-state index contributed by atoms with van der Waals surface area (Å²) in [7, 11) is 1.35. The van der Waals surface area contributed by atoms with Gasteiger partial charge in [0.05, 0.1) is 29.8 Å². The van der Waals surface area contributed by atoms with Gasteiger partial charge in [0.25, 0.3) is 0 Å². The van der Waals surface area contributed by atoms with Gasteiger partial charge >= 0.3 is 5.69 Å². The van der Waals surface area contributed by atoms with Gasteiger partial charge in [-0.3, -0.25) is 10.1 Å². The molecule has 1 aliphatic rings. The van der Waals surface area contributed by atoms with E-state index in [4.69, 9.17) is 4.74 Å². The number of benzene rings is 1. The number of nitro benzene ring substituents is 1. The summed E-state index contributed by atoms with van der Waals surface area (Å²) in [6.07, 6.45) is 0.870. The number of anilines is 1. The van der Waals surface area contributed by atoms with Crippen LogP contribution in [0.3, 0.4) is 0 Å². The maximum atomic E-state index is 14.2. The van der Waals surface area contributed by atoms with E-state index in [1.807, 2.05) is 11.8 Å². The topological polar surface area (TPSA) is 67.6 Å². The molecule has 0 unspecified atom stereocenters. The smallest absolute Gasteiger partial charge is 0.313 e. The minimum absolute atomic E-state index is 0.0831. The third kappa shape index (κ3) is 2.67. The molecule has 1 aromatic rings. The molecule has 2 rings (SSSR count). The first-order valence-corrected chi connectivity index (χ1v) is 6.57. The van der Waals surface area contributed by atoms with Gasteiger partial charge in [0.2, 0.25) is 0 Å². The van der Waals surface area contributed by atoms with Crippen LogP contribution in [0.25, 0.3) is 0 Å². The Bertz CT molecular complexity index is 506. The molecule has 0 atom stereocenters. The summed E-state index contributed by atoms with van der Waals surface area (Å²) in [5.41, 5.74) is 0.0118. The van der Waals surface area contributed by atoms with Crippen molar-refractivity contribution in [2.45, 2.75) is 19.4 Å². The largest absolute Gasteiger partial charge is 0.490 e. The Kier molecular flexibility index (Phi) is 4.39. The predicted molar refractivity (Wildman–Crippen MR) is 73.9 cm³/mol. The summed E-state index contributed by atoms with van der Waals surface area (Å²) in [5.74, 6) is -0.502. The minimum atomic E-state index is -0.638. The van der Waals surface area contributed by atoms with E-state index in [1.54, 1.807) is 0 Å². The molecular formula is C13H18FN3O3. The number of methoxy groups -OCH3 is 1. The van der Waals surface area contributed by atoms with Gasteiger partial charge in [0, 0.05) is 25.7 Å². The number of rotatable bonds is 6. The standard InChI is InChI=1S/C13H18FN3O3/c1-3-4-16(9-7-15-8-9)11-6-13(20-2)12(17(18)19)5-10(11)14/h5-6,9,15H,3-4,7-8H2,1-2H3. The summed E-state index contributed by atoms with van der Waals surface area (Å²) in [6, 6.07) is 2.57. The molecule has 0 saturated carbocycles. The van der Waals surface area contributed by atoms with Crippen molar-refractivity contribution in [1.82, 2.24) is 5.32 Å². The van der Waals surface area contributed by atoms with Crippen molar-refractivity contribution in [2.75, 3.05) is 31.6 Å². The SMILES string of the molecule is CCCN(c1cc(OC)c([N+](=O)[O-])cc1F)C1CNC1. The third-order valence-electron chi connectivity index (χ3n) is 3.42. The van der Waals surface area contributed by atoms with Crippen LogP contribution in [-0.4, -0.2) is 37.7 Å². The molecule has 7 heteroatoms. The first-order valence-electron chi connectivity index (χ1n) is 6.57. The summed E-state index contributed by atoms with van der Waals surface area (Å²) in [4.78, 5) is 12.2. The zero-order valence-corrected chi connectivity index (χ0v) is 11.6. The van der Waals surface area contributed by atoms with Crippen molar-refractivity contribution in [2.24, 2.45) is 0 Å². The molecule has 1 saturated heterocycles. The van der Waals surface area contributed by atoms with E-state index in [2.05, 4.69) is 5.32 Å². The van der Waals surface area contributed by atoms with E-state index >= 15 is 0 Å². The summed E-state index contributed by atoms with van der Waals surface area (Å²) >= 11 is 0. The molecule has 0 bridgehead atoms. The molecule has 1 fully saturated rings. The quantitative estimate of drug-likeness (QED) is 0.638. The Morgan fingerprint density at radius 1 is 1.55 bits per heavy atom. The lowest BCUT2D eigenvalue weighted by atomic mass is 10.1. The molecule has 0 aliphatic carbocycles. The van der Waals surface area contributed by atoms with E-state index in [0.29, 0.717) is 12.2 Å². The van der Waals surface area contributed by atoms with E-state index in [1.165, 1.54) is 13.2 Å². The molecule has 110 valence electrons. The number of nitrogens with zero attached hydrogens (tertiary/aromatic N) is 2. The number of nitro groups is 1. The molecule has 1 aromatic carbocycles. The molecule has 1 aliphatic heterocycles. The lowest BCUT2D eigenvalue weighted by Crippen LogP contribution is -2.57. The average Bonchev–Trinajstić information content (AvgIpc) is 2.35. The van der Waals surface area contributed by atoms with Crippen LogP contribution < -0.4 is 15.0 Å². The lowest BCUT2D eigenvalue weighted by Gasteiger charge is -2.40. The second kappa shape index (κ2) is 6.04. The van der Waals surface area contributed by atoms with Crippen molar-refractivity contribution in [3.05, 3.63) is 28.1 Å². The van der Waals surface area contributed by atoms with E-state index in [9.17, 15) is 14.5 Å². The normalized spacial score (nSPS) is 14.8. The van der Waals surface area contributed by atoms with E-state index < -0.39 is 10.7 Å². The summed E-state index contributed by atoms with van der Waals surface area (Å²) in [6.45, 7) is 4.29. The highest BCUT2D eigenvalue weighted by Crippen LogP contribution is 2.35. The molecule has 0 aromatic heterocycles. The highest BCUT2D eigenvalue weighted by atomic mass is 19.1. The van der Waals surface area contributed by atoms with Crippen molar-refractivity contribution in [3.8, 4) is 5.75 Å². The van der Waals surface area contributed by atoms with Crippen molar-refractivity contribution in [1.29, 1.82) is 0 Å². The molecule has 0 spiro atoms. The van der Waals surface area contributed by atoms with Gasteiger partial charge in [-0.15, -0.1) is 0 Å². The zero-order chi connectivity index (χ0) is 14.7. The third-order valence-corrected chi connectivity index (χ3v) is 3.42. The maximum absolute atomic E-state index is 14.2. The average molecular weight is 283 g/mol. The number of ether oxygens (including phenoxy) is 1. The van der Waals surface area contributed by atoms with Crippen LogP contribution in [-0.2, 0) is 0 Å². The Morgan fingerprint density at radius 3 is 2.70 bits per heavy atom. The van der Waals surface area contributed by atoms with Crippen molar-refractivity contribution < 1.29 is 14.1 Å². The fourth-order valence-corrected chi connectivity index (χ4v) is 2.29. The van der Waals surface area contributed by atoms with Crippen LogP contribution in [0.2, 0.25) is 0 Å². The van der Waals surface area contributed by atoms with Crippen LogP contribution in [0.5, 0.6) is 5.75 Å². The highest BCUT2D eigenvalue weighted by molar-refractivity contribution is 5.61. The van der Waals surface area contributed by atoms with Gasteiger partial charge in [-0.2, -0.15) is 0 Å². The fraction of sp³-hybridized carbons (Fsp3) is 0.538. The van der Waals surface area contributed by atoms with Crippen molar-refractivity contribution in [3.63, 3.8) is 0 Å². The van der Waals surface area contributed by atoms with Crippen LogP contribution in [0.4, 0.5) is 15.8 Å². The van der Waals surface area contributed by atoms with E-state index in [-0.39, 0.29) is 17.5 Å². The summed E-state index contributed by atoms with van der Waals surface area (Å²) in [5, 5.41) is 14.0. The lowest BCUT2D eigenvalue weighted by molar-refractivity contribution is -0.385. The van der Waals surface area contributed by atoms with Crippen LogP contribution in [0, 0.1) is 15.9 Å². The molecule has 0 radical (unpaired) electrons. The van der Waals surface area contributed by atoms with Gasteiger partial charge in [0.15, 0.2) is 11.6 Å². The molecular weight excluding hydrogens is 265 g/mol. The second-order valence-corrected chi connectivity index (χ2v) is 4.74. The number of hydrogen-bond acceptors (Lipinski definition) is 5. The predicted octanol–water partition coefficient (Wildman–Crippen LogP) is 1.93. The Labute approximate surface area is 116 Å². The second-order valence-electron chi connectivity index (χ2n) is 4.74. The van der Waals surface area contributed by atoms with Crippen LogP contribution in [0.1, 0.15) is 13.3 Å². The molecule has 0 amide bonds. The Hall–Kier alpha value is -1.89. The molecule has 20 heavy (non-hydrogen) atoms. The van der Waals surface area contributed by atoms with Gasteiger partial charge in [-0.1, -0.05) is 6.92 Å². The molecule has 1 N–H and O–H groups in total. The minimum Gasteiger partial charge on any atom is -0.490 e. The van der Waals surface area contributed by atoms with Crippen LogP contribution >= 0.6 is 0 Å². The monoisotopic (exact) mass is 283 g/mol. The van der Waals surface area contributed by atoms with E-state index in [0.717, 1.165) is 25.6 Å². The van der Waals surface area contributed by atoms with Crippen LogP contribution in [0.15, 0.2) is 12.1 Å². The van der Waals surface area contributed by atoms with Gasteiger partial charge in [-0.05, 0) is 6.42 Å². The first-order chi connectivity index (χ1) is 9.58. The summed E-state index contributed by atoms with van der Waals surface area (Å²) < 4.78 is 19.2. The maximum Gasteiger partial charge on any atom is 0.313 e. The number of nitrogens with one attached hydrogen (secondary N) is 1. The highest BCUT2D eigenvalue weighted by Gasteiger charge is 2.28. The molecule has 1 heterocycles. The first kappa shape index (κ1) is 14.5. The zero-order valence-electron chi connectivity index (χ0n) is 11.6. The van der Waals surface area contributed by atoms with Gasteiger partial charge in [-0.25, -0.2) is 4.39 Å². The Balaban J connectivity index is 2.40. The number of halogens is 1. The van der Waals surface area contributed by atoms with Gasteiger partial charge in [0.1, 0.15) is 0 Å². The fourth-order valence-electron chi connectivity index (χ4n) is 2.29. The van der Waals surface area contributed by atoms with Crippen molar-refractivity contribution >= 4 is 11.4 Å². The number of hydrogen-bond donors (Lipinski definition) is 1. The Morgan fingerprint density at radius 2 is 2.25 bits per heavy atom. The van der Waals surface area contributed by atoms with Gasteiger partial charge < -0.3 is 15.0 Å². The molecule has 6 nitrogen and oxygen atoms in total.